The average Bonchev–Trinajstić information content (AvgIpc) is 2.59. The fraction of sp³-hybridized carbons (Fsp3) is 0.222. The molecule has 2 aromatic rings. The van der Waals surface area contributed by atoms with Gasteiger partial charge in [-0.05, 0) is 36.8 Å². The Bertz CT molecular complexity index is 836. The Balaban J connectivity index is 2.11. The van der Waals surface area contributed by atoms with Crippen molar-refractivity contribution in [2.75, 3.05) is 13.7 Å². The third-order valence-electron chi connectivity index (χ3n) is 3.34. The number of aryl methyl sites for hydroxylation is 1. The highest BCUT2D eigenvalue weighted by Gasteiger charge is 2.14. The van der Waals surface area contributed by atoms with E-state index in [0.29, 0.717) is 11.5 Å². The summed E-state index contributed by atoms with van der Waals surface area (Å²) < 4.78 is 37.7. The molecule has 0 aliphatic heterocycles. The second kappa shape index (κ2) is 7.86. The Morgan fingerprint density at radius 3 is 2.46 bits per heavy atom. The van der Waals surface area contributed by atoms with Gasteiger partial charge in [0.05, 0.1) is 12.0 Å². The summed E-state index contributed by atoms with van der Waals surface area (Å²) in [7, 11) is -2.06. The van der Waals surface area contributed by atoms with Gasteiger partial charge in [0.25, 0.3) is 0 Å². The molecule has 0 amide bonds. The van der Waals surface area contributed by atoms with Crippen LogP contribution in [0.2, 0.25) is 0 Å². The Kier molecular flexibility index (Phi) is 5.85. The maximum absolute atomic E-state index is 12.3. The number of hydrogen-bond acceptors (Lipinski definition) is 4. The van der Waals surface area contributed by atoms with Crippen LogP contribution in [-0.2, 0) is 16.6 Å². The van der Waals surface area contributed by atoms with Gasteiger partial charge in [0, 0.05) is 6.54 Å². The number of hydrogen-bond donors (Lipinski definition) is 1. The Morgan fingerprint density at radius 2 is 1.83 bits per heavy atom. The van der Waals surface area contributed by atoms with Gasteiger partial charge in [-0.1, -0.05) is 29.7 Å². The van der Waals surface area contributed by atoms with E-state index >= 15 is 0 Å². The smallest absolute Gasteiger partial charge is 0.240 e. The Labute approximate surface area is 142 Å². The van der Waals surface area contributed by atoms with E-state index in [-0.39, 0.29) is 18.0 Å². The summed E-state index contributed by atoms with van der Waals surface area (Å²) in [5.41, 5.74) is 1.75. The number of nitrogens with one attached hydrogen (secondary N) is 1. The van der Waals surface area contributed by atoms with Crippen LogP contribution in [0.25, 0.3) is 0 Å². The number of methoxy groups -OCH3 is 1. The first kappa shape index (κ1) is 17.9. The zero-order chi connectivity index (χ0) is 17.6. The van der Waals surface area contributed by atoms with E-state index in [1.807, 2.05) is 6.92 Å². The van der Waals surface area contributed by atoms with Gasteiger partial charge in [0.15, 0.2) is 11.5 Å². The summed E-state index contributed by atoms with van der Waals surface area (Å²) in [4.78, 5) is 0.231. The van der Waals surface area contributed by atoms with Crippen molar-refractivity contribution in [3.8, 4) is 23.8 Å². The fourth-order valence-electron chi connectivity index (χ4n) is 2.04. The first-order chi connectivity index (χ1) is 11.5. The second-order valence-electron chi connectivity index (χ2n) is 5.12. The van der Waals surface area contributed by atoms with Crippen LogP contribution in [0.1, 0.15) is 11.1 Å². The molecule has 0 aliphatic carbocycles. The molecule has 0 atom stereocenters. The molecule has 2 rings (SSSR count). The molecule has 0 aromatic heterocycles. The van der Waals surface area contributed by atoms with Crippen molar-refractivity contribution in [3.05, 3.63) is 53.6 Å². The van der Waals surface area contributed by atoms with Gasteiger partial charge in [-0.2, -0.15) is 0 Å². The van der Waals surface area contributed by atoms with E-state index in [0.717, 1.165) is 11.1 Å². The van der Waals surface area contributed by atoms with Crippen LogP contribution < -0.4 is 14.2 Å². The highest BCUT2D eigenvalue weighted by Crippen LogP contribution is 2.28. The van der Waals surface area contributed by atoms with Crippen LogP contribution in [-0.4, -0.2) is 22.1 Å². The standard InChI is InChI=1S/C18H19NO4S/c1-4-11-23-17-10-7-15(12-18(17)22-3)13-19-24(20,21)16-8-5-14(2)6-9-16/h1,5-10,12,19H,11,13H2,2-3H3. The molecule has 0 heterocycles. The van der Waals surface area contributed by atoms with E-state index in [1.54, 1.807) is 42.5 Å². The van der Waals surface area contributed by atoms with Crippen LogP contribution in [0.5, 0.6) is 11.5 Å². The minimum Gasteiger partial charge on any atom is -0.493 e. The predicted molar refractivity (Wildman–Crippen MR) is 92.5 cm³/mol. The quantitative estimate of drug-likeness (QED) is 0.783. The van der Waals surface area contributed by atoms with Crippen molar-refractivity contribution in [3.63, 3.8) is 0 Å². The summed E-state index contributed by atoms with van der Waals surface area (Å²) in [6, 6.07) is 11.8. The molecular weight excluding hydrogens is 326 g/mol. The zero-order valence-electron chi connectivity index (χ0n) is 13.6. The minimum absolute atomic E-state index is 0.135. The highest BCUT2D eigenvalue weighted by molar-refractivity contribution is 7.89. The van der Waals surface area contributed by atoms with Gasteiger partial charge < -0.3 is 9.47 Å². The lowest BCUT2D eigenvalue weighted by molar-refractivity contribution is 0.330. The molecule has 0 bridgehead atoms. The summed E-state index contributed by atoms with van der Waals surface area (Å²) in [6.45, 7) is 2.18. The fourth-order valence-corrected chi connectivity index (χ4v) is 3.06. The molecule has 5 nitrogen and oxygen atoms in total. The lowest BCUT2D eigenvalue weighted by Crippen LogP contribution is -2.23. The molecule has 0 aliphatic rings. The predicted octanol–water partition coefficient (Wildman–Crippen LogP) is 2.49. The van der Waals surface area contributed by atoms with Crippen molar-refractivity contribution < 1.29 is 17.9 Å². The van der Waals surface area contributed by atoms with Crippen molar-refractivity contribution >= 4 is 10.0 Å². The molecule has 0 saturated heterocycles. The van der Waals surface area contributed by atoms with Crippen LogP contribution in [0.4, 0.5) is 0 Å². The molecule has 0 spiro atoms. The van der Waals surface area contributed by atoms with Crippen molar-refractivity contribution in [2.24, 2.45) is 0 Å². The summed E-state index contributed by atoms with van der Waals surface area (Å²) >= 11 is 0. The van der Waals surface area contributed by atoms with Crippen LogP contribution in [0.3, 0.4) is 0 Å². The lowest BCUT2D eigenvalue weighted by Gasteiger charge is -2.11. The molecule has 24 heavy (non-hydrogen) atoms. The van der Waals surface area contributed by atoms with Gasteiger partial charge in [-0.25, -0.2) is 13.1 Å². The van der Waals surface area contributed by atoms with Gasteiger partial charge in [-0.15, -0.1) is 6.42 Å². The molecule has 126 valence electrons. The Hall–Kier alpha value is -2.49. The zero-order valence-corrected chi connectivity index (χ0v) is 14.4. The topological polar surface area (TPSA) is 64.6 Å². The molecule has 0 fully saturated rings. The molecule has 0 unspecified atom stereocenters. The van der Waals surface area contributed by atoms with Gasteiger partial charge in [0.1, 0.15) is 6.61 Å². The summed E-state index contributed by atoms with van der Waals surface area (Å²) in [5, 5.41) is 0. The molecule has 0 radical (unpaired) electrons. The monoisotopic (exact) mass is 345 g/mol. The van der Waals surface area contributed by atoms with E-state index in [1.165, 1.54) is 7.11 Å². The van der Waals surface area contributed by atoms with E-state index in [4.69, 9.17) is 15.9 Å². The normalized spacial score (nSPS) is 10.9. The van der Waals surface area contributed by atoms with E-state index < -0.39 is 10.0 Å². The third-order valence-corrected chi connectivity index (χ3v) is 4.75. The van der Waals surface area contributed by atoms with E-state index in [9.17, 15) is 8.42 Å². The maximum Gasteiger partial charge on any atom is 0.240 e. The maximum atomic E-state index is 12.3. The van der Waals surface area contributed by atoms with Crippen molar-refractivity contribution in [1.29, 1.82) is 0 Å². The SMILES string of the molecule is C#CCOc1ccc(CNS(=O)(=O)c2ccc(C)cc2)cc1OC. The van der Waals surface area contributed by atoms with Crippen molar-refractivity contribution in [1.82, 2.24) is 4.72 Å². The molecule has 6 heteroatoms. The highest BCUT2D eigenvalue weighted by atomic mass is 32.2. The minimum atomic E-state index is -3.57. The number of rotatable bonds is 7. The molecular formula is C18H19NO4S. The largest absolute Gasteiger partial charge is 0.493 e. The van der Waals surface area contributed by atoms with Gasteiger partial charge in [-0.3, -0.25) is 0 Å². The molecule has 1 N–H and O–H groups in total. The third kappa shape index (κ3) is 4.51. The first-order valence-electron chi connectivity index (χ1n) is 7.26. The summed E-state index contributed by atoms with van der Waals surface area (Å²) in [5.74, 6) is 3.39. The number of benzene rings is 2. The summed E-state index contributed by atoms with van der Waals surface area (Å²) in [6.07, 6.45) is 5.17. The van der Waals surface area contributed by atoms with E-state index in [2.05, 4.69) is 10.6 Å². The van der Waals surface area contributed by atoms with Gasteiger partial charge >= 0.3 is 0 Å². The average molecular weight is 345 g/mol. The number of sulfonamides is 1. The second-order valence-corrected chi connectivity index (χ2v) is 6.88. The van der Waals surface area contributed by atoms with Crippen molar-refractivity contribution in [2.45, 2.75) is 18.4 Å². The first-order valence-corrected chi connectivity index (χ1v) is 8.74. The molecule has 0 saturated carbocycles. The van der Waals surface area contributed by atoms with Gasteiger partial charge in [0.2, 0.25) is 10.0 Å². The molecule has 2 aromatic carbocycles. The number of ether oxygens (including phenoxy) is 2. The lowest BCUT2D eigenvalue weighted by atomic mass is 10.2. The van der Waals surface area contributed by atoms with Crippen LogP contribution >= 0.6 is 0 Å². The van der Waals surface area contributed by atoms with Crippen LogP contribution in [0.15, 0.2) is 47.4 Å². The Morgan fingerprint density at radius 1 is 1.12 bits per heavy atom. The van der Waals surface area contributed by atoms with Crippen LogP contribution in [0, 0.1) is 19.3 Å². The number of terminal acetylenes is 1.